The molecule has 0 amide bonds. The number of carbonyl (C=O) groups excluding carboxylic acids is 2. The number of hydrogen-bond acceptors (Lipinski definition) is 5. The highest BCUT2D eigenvalue weighted by Crippen LogP contribution is 2.25. The largest absolute Gasteiger partial charge is 0.481 e. The van der Waals surface area contributed by atoms with E-state index >= 15 is 0 Å². The summed E-state index contributed by atoms with van der Waals surface area (Å²) < 4.78 is 5.20. The van der Waals surface area contributed by atoms with Crippen LogP contribution < -0.4 is 0 Å². The zero-order valence-corrected chi connectivity index (χ0v) is 21.0. The number of carboxylic acids is 1. The number of ketones is 1. The smallest absolute Gasteiger partial charge is 0.313 e. The van der Waals surface area contributed by atoms with Crippen LogP contribution in [0.25, 0.3) is 0 Å². The number of aliphatic hydroxyl groups is 1. The van der Waals surface area contributed by atoms with Crippen molar-refractivity contribution in [1.29, 1.82) is 0 Å². The average molecular weight is 455 g/mol. The van der Waals surface area contributed by atoms with Gasteiger partial charge in [-0.15, -0.1) is 0 Å². The van der Waals surface area contributed by atoms with Crippen LogP contribution in [0.15, 0.2) is 12.2 Å². The Morgan fingerprint density at radius 1 is 0.875 bits per heavy atom. The molecular formula is C26H46O6. The van der Waals surface area contributed by atoms with Crippen LogP contribution in [0.1, 0.15) is 118 Å². The quantitative estimate of drug-likeness (QED) is 0.150. The second-order valence-corrected chi connectivity index (χ2v) is 10.0. The maximum Gasteiger partial charge on any atom is 0.313 e. The lowest BCUT2D eigenvalue weighted by Crippen LogP contribution is -2.41. The van der Waals surface area contributed by atoms with Gasteiger partial charge < -0.3 is 14.9 Å². The molecule has 2 atom stereocenters. The van der Waals surface area contributed by atoms with Crippen LogP contribution in [-0.2, 0) is 19.1 Å². The SMILES string of the molecule is CCCCCCCC(=O)CCCCCC/C=C/[C@H](C(=O)O)[C@@](C)(O)CC(=O)OC(C)(C)C. The lowest BCUT2D eigenvalue weighted by Gasteiger charge is -2.29. The summed E-state index contributed by atoms with van der Waals surface area (Å²) in [5.74, 6) is -2.64. The Kier molecular flexibility index (Phi) is 15.2. The molecule has 2 N–H and O–H groups in total. The van der Waals surface area contributed by atoms with Gasteiger partial charge in [-0.25, -0.2) is 0 Å². The number of rotatable bonds is 18. The number of carboxylic acid groups (broad SMARTS) is 1. The zero-order valence-electron chi connectivity index (χ0n) is 21.0. The van der Waals surface area contributed by atoms with Gasteiger partial charge in [-0.2, -0.15) is 0 Å². The molecule has 0 aromatic rings. The molecule has 0 saturated carbocycles. The van der Waals surface area contributed by atoms with Gasteiger partial charge in [0.05, 0.1) is 12.0 Å². The number of ether oxygens (including phenoxy) is 1. The van der Waals surface area contributed by atoms with Gasteiger partial charge in [0.15, 0.2) is 0 Å². The van der Waals surface area contributed by atoms with Crippen LogP contribution in [0.2, 0.25) is 0 Å². The third-order valence-electron chi connectivity index (χ3n) is 5.32. The first kappa shape index (κ1) is 30.3. The van der Waals surface area contributed by atoms with Crippen LogP contribution in [0.3, 0.4) is 0 Å². The number of hydrogen-bond donors (Lipinski definition) is 2. The van der Waals surface area contributed by atoms with Crippen molar-refractivity contribution in [2.24, 2.45) is 5.92 Å². The first-order chi connectivity index (χ1) is 14.9. The molecule has 6 nitrogen and oxygen atoms in total. The van der Waals surface area contributed by atoms with Crippen LogP contribution in [0.5, 0.6) is 0 Å². The minimum atomic E-state index is -1.73. The molecule has 0 aliphatic heterocycles. The van der Waals surface area contributed by atoms with Gasteiger partial charge in [0.1, 0.15) is 17.3 Å². The van der Waals surface area contributed by atoms with E-state index < -0.39 is 35.5 Å². The predicted molar refractivity (Wildman–Crippen MR) is 127 cm³/mol. The van der Waals surface area contributed by atoms with Crippen LogP contribution >= 0.6 is 0 Å². The molecule has 0 aromatic heterocycles. The Balaban J connectivity index is 4.18. The first-order valence-electron chi connectivity index (χ1n) is 12.2. The fraction of sp³-hybridized carbons (Fsp3) is 0.808. The molecule has 0 aliphatic carbocycles. The molecule has 0 fully saturated rings. The molecule has 0 heterocycles. The normalized spacial score (nSPS) is 14.8. The summed E-state index contributed by atoms with van der Waals surface area (Å²) in [6, 6.07) is 0. The fourth-order valence-corrected chi connectivity index (χ4v) is 3.56. The molecular weight excluding hydrogens is 408 g/mol. The molecule has 0 radical (unpaired) electrons. The topological polar surface area (TPSA) is 101 Å². The van der Waals surface area contributed by atoms with E-state index in [-0.39, 0.29) is 0 Å². The molecule has 32 heavy (non-hydrogen) atoms. The molecule has 0 bridgehead atoms. The fourth-order valence-electron chi connectivity index (χ4n) is 3.56. The maximum atomic E-state index is 12.0. The Hall–Kier alpha value is -1.69. The van der Waals surface area contributed by atoms with E-state index in [9.17, 15) is 24.6 Å². The van der Waals surface area contributed by atoms with Gasteiger partial charge in [0.25, 0.3) is 0 Å². The molecule has 186 valence electrons. The molecule has 0 aliphatic rings. The summed E-state index contributed by atoms with van der Waals surface area (Å²) in [4.78, 5) is 35.5. The third kappa shape index (κ3) is 16.0. The van der Waals surface area contributed by atoms with Crippen molar-refractivity contribution in [1.82, 2.24) is 0 Å². The molecule has 6 heteroatoms. The summed E-state index contributed by atoms with van der Waals surface area (Å²) in [5, 5.41) is 20.1. The Morgan fingerprint density at radius 3 is 1.91 bits per heavy atom. The lowest BCUT2D eigenvalue weighted by molar-refractivity contribution is -0.163. The second-order valence-electron chi connectivity index (χ2n) is 10.0. The molecule has 0 aromatic carbocycles. The van der Waals surface area contributed by atoms with Gasteiger partial charge in [-0.3, -0.25) is 14.4 Å². The van der Waals surface area contributed by atoms with E-state index in [1.165, 1.54) is 32.3 Å². The minimum Gasteiger partial charge on any atom is -0.481 e. The maximum absolute atomic E-state index is 12.0. The van der Waals surface area contributed by atoms with Gasteiger partial charge >= 0.3 is 11.9 Å². The van der Waals surface area contributed by atoms with E-state index in [1.54, 1.807) is 26.8 Å². The van der Waals surface area contributed by atoms with Gasteiger partial charge in [-0.05, 0) is 53.4 Å². The second kappa shape index (κ2) is 16.0. The number of aliphatic carboxylic acids is 1. The van der Waals surface area contributed by atoms with Crippen molar-refractivity contribution in [2.45, 2.75) is 129 Å². The van der Waals surface area contributed by atoms with E-state index in [1.807, 2.05) is 0 Å². The van der Waals surface area contributed by atoms with E-state index in [0.717, 1.165) is 38.5 Å². The van der Waals surface area contributed by atoms with E-state index in [4.69, 9.17) is 4.74 Å². The van der Waals surface area contributed by atoms with Crippen molar-refractivity contribution in [3.8, 4) is 0 Å². The molecule has 0 saturated heterocycles. The summed E-state index contributed by atoms with van der Waals surface area (Å²) in [6.07, 6.45) is 14.5. The molecule has 0 spiro atoms. The summed E-state index contributed by atoms with van der Waals surface area (Å²) in [7, 11) is 0. The van der Waals surface area contributed by atoms with Crippen molar-refractivity contribution in [2.75, 3.05) is 0 Å². The van der Waals surface area contributed by atoms with E-state index in [2.05, 4.69) is 6.92 Å². The van der Waals surface area contributed by atoms with Crippen LogP contribution in [0.4, 0.5) is 0 Å². The Labute approximate surface area is 194 Å². The van der Waals surface area contributed by atoms with Gasteiger partial charge in [0, 0.05) is 12.8 Å². The van der Waals surface area contributed by atoms with Crippen molar-refractivity contribution < 1.29 is 29.3 Å². The van der Waals surface area contributed by atoms with Crippen LogP contribution in [-0.4, -0.2) is 39.1 Å². The van der Waals surface area contributed by atoms with Gasteiger partial charge in [-0.1, -0.05) is 57.6 Å². The van der Waals surface area contributed by atoms with E-state index in [0.29, 0.717) is 25.0 Å². The monoisotopic (exact) mass is 454 g/mol. The Morgan fingerprint density at radius 2 is 1.41 bits per heavy atom. The highest BCUT2D eigenvalue weighted by molar-refractivity contribution is 5.78. The average Bonchev–Trinajstić information content (AvgIpc) is 2.63. The van der Waals surface area contributed by atoms with Crippen LogP contribution in [0, 0.1) is 5.92 Å². The number of allylic oxidation sites excluding steroid dienone is 1. The first-order valence-corrected chi connectivity index (χ1v) is 12.2. The third-order valence-corrected chi connectivity index (χ3v) is 5.32. The van der Waals surface area contributed by atoms with Gasteiger partial charge in [0.2, 0.25) is 0 Å². The molecule has 0 unspecified atom stereocenters. The molecule has 0 rings (SSSR count). The zero-order chi connectivity index (χ0) is 24.6. The van der Waals surface area contributed by atoms with Crippen molar-refractivity contribution in [3.05, 3.63) is 12.2 Å². The van der Waals surface area contributed by atoms with Crippen molar-refractivity contribution in [3.63, 3.8) is 0 Å². The highest BCUT2D eigenvalue weighted by Gasteiger charge is 2.38. The lowest BCUT2D eigenvalue weighted by atomic mass is 9.85. The number of carbonyl (C=O) groups is 3. The number of esters is 1. The summed E-state index contributed by atoms with van der Waals surface area (Å²) in [5.41, 5.74) is -2.43. The summed E-state index contributed by atoms with van der Waals surface area (Å²) in [6.45, 7) is 8.69. The minimum absolute atomic E-state index is 0.359. The van der Waals surface area contributed by atoms with Crippen molar-refractivity contribution >= 4 is 17.7 Å². The Bertz CT molecular complexity index is 586. The predicted octanol–water partition coefficient (Wildman–Crippen LogP) is 6.00. The standard InChI is InChI=1S/C26H46O6/c1-6-7-8-11-14-17-21(27)18-15-12-9-10-13-16-19-22(24(29)30)26(5,31)20-23(28)32-25(2,3)4/h16,19,22,31H,6-15,17-18,20H2,1-5H3,(H,29,30)/b19-16+/t22-,26+/m1/s1. The number of Topliss-reactive ketones (excluding diaryl/α,β-unsaturated/α-hetero) is 1. The number of unbranched alkanes of at least 4 members (excludes halogenated alkanes) is 8. The highest BCUT2D eigenvalue weighted by atomic mass is 16.6. The summed E-state index contributed by atoms with van der Waals surface area (Å²) >= 11 is 0.